The normalized spacial score (nSPS) is 15.1. The Kier molecular flexibility index (Phi) is 5.88. The number of halogens is 2. The molecule has 2 amide bonds. The molecular formula is C23H15ClFNO3S. The van der Waals surface area contributed by atoms with Crippen LogP contribution in [0.2, 0.25) is 5.02 Å². The molecule has 0 spiro atoms. The van der Waals surface area contributed by atoms with Crippen LogP contribution in [0, 0.1) is 5.82 Å². The van der Waals surface area contributed by atoms with Gasteiger partial charge in [0.25, 0.3) is 11.1 Å². The number of ether oxygens (including phenoxy) is 1. The zero-order chi connectivity index (χ0) is 21.1. The van der Waals surface area contributed by atoms with Gasteiger partial charge in [0.15, 0.2) is 0 Å². The van der Waals surface area contributed by atoms with Crippen molar-refractivity contribution in [3.05, 3.63) is 99.7 Å². The van der Waals surface area contributed by atoms with Gasteiger partial charge in [-0.1, -0.05) is 48.0 Å². The minimum atomic E-state index is -0.412. The first-order chi connectivity index (χ1) is 14.5. The summed E-state index contributed by atoms with van der Waals surface area (Å²) in [5.74, 6) is -0.214. The molecule has 0 atom stereocenters. The van der Waals surface area contributed by atoms with Gasteiger partial charge in [-0.15, -0.1) is 0 Å². The summed E-state index contributed by atoms with van der Waals surface area (Å²) in [4.78, 5) is 26.5. The van der Waals surface area contributed by atoms with Gasteiger partial charge in [0, 0.05) is 10.6 Å². The average molecular weight is 440 g/mol. The van der Waals surface area contributed by atoms with Gasteiger partial charge >= 0.3 is 0 Å². The molecule has 0 unspecified atom stereocenters. The molecule has 0 N–H and O–H groups in total. The number of hydrogen-bond acceptors (Lipinski definition) is 4. The van der Waals surface area contributed by atoms with Crippen molar-refractivity contribution in [3.63, 3.8) is 0 Å². The van der Waals surface area contributed by atoms with Gasteiger partial charge in [-0.25, -0.2) is 9.29 Å². The molecule has 4 nitrogen and oxygen atoms in total. The zero-order valence-electron chi connectivity index (χ0n) is 15.5. The van der Waals surface area contributed by atoms with Crippen molar-refractivity contribution < 1.29 is 18.7 Å². The first-order valence-corrected chi connectivity index (χ1v) is 10.2. The quantitative estimate of drug-likeness (QED) is 0.438. The molecule has 30 heavy (non-hydrogen) atoms. The summed E-state index contributed by atoms with van der Waals surface area (Å²) >= 11 is 6.84. The fourth-order valence-corrected chi connectivity index (χ4v) is 3.95. The average Bonchev–Trinajstić information content (AvgIpc) is 3.00. The van der Waals surface area contributed by atoms with Crippen LogP contribution < -0.4 is 9.64 Å². The Balaban J connectivity index is 1.52. The second-order valence-corrected chi connectivity index (χ2v) is 7.88. The summed E-state index contributed by atoms with van der Waals surface area (Å²) in [6, 6.07) is 20.0. The number of carbonyl (C=O) groups excluding carboxylic acids is 2. The van der Waals surface area contributed by atoms with E-state index < -0.39 is 5.91 Å². The van der Waals surface area contributed by atoms with Crippen molar-refractivity contribution in [2.75, 3.05) is 4.90 Å². The van der Waals surface area contributed by atoms with Crippen LogP contribution in [0.3, 0.4) is 0 Å². The molecule has 0 aliphatic carbocycles. The van der Waals surface area contributed by atoms with E-state index in [0.29, 0.717) is 32.5 Å². The highest BCUT2D eigenvalue weighted by molar-refractivity contribution is 8.19. The second kappa shape index (κ2) is 8.73. The first kappa shape index (κ1) is 20.2. The van der Waals surface area contributed by atoms with Gasteiger partial charge in [-0.2, -0.15) is 0 Å². The fourth-order valence-electron chi connectivity index (χ4n) is 2.93. The summed E-state index contributed by atoms with van der Waals surface area (Å²) < 4.78 is 19.4. The van der Waals surface area contributed by atoms with Gasteiger partial charge in [0.2, 0.25) is 0 Å². The van der Waals surface area contributed by atoms with Crippen molar-refractivity contribution in [2.24, 2.45) is 0 Å². The van der Waals surface area contributed by atoms with Crippen LogP contribution in [0.5, 0.6) is 5.75 Å². The predicted molar refractivity (Wildman–Crippen MR) is 117 cm³/mol. The number of amides is 2. The van der Waals surface area contributed by atoms with Gasteiger partial charge in [0.1, 0.15) is 18.2 Å². The molecule has 0 bridgehead atoms. The van der Waals surface area contributed by atoms with E-state index in [9.17, 15) is 14.0 Å². The van der Waals surface area contributed by atoms with E-state index >= 15 is 0 Å². The Hall–Kier alpha value is -3.09. The monoisotopic (exact) mass is 439 g/mol. The third-order valence-corrected chi connectivity index (χ3v) is 5.47. The zero-order valence-corrected chi connectivity index (χ0v) is 17.1. The van der Waals surface area contributed by atoms with Crippen molar-refractivity contribution >= 4 is 46.3 Å². The maximum atomic E-state index is 13.7. The maximum absolute atomic E-state index is 13.7. The third-order valence-electron chi connectivity index (χ3n) is 4.37. The first-order valence-electron chi connectivity index (χ1n) is 9.01. The van der Waals surface area contributed by atoms with Crippen molar-refractivity contribution in [1.29, 1.82) is 0 Å². The van der Waals surface area contributed by atoms with Crippen LogP contribution in [0.1, 0.15) is 11.1 Å². The Morgan fingerprint density at radius 3 is 2.60 bits per heavy atom. The molecule has 3 aromatic carbocycles. The van der Waals surface area contributed by atoms with Gasteiger partial charge < -0.3 is 4.74 Å². The molecule has 1 aliphatic heterocycles. The van der Waals surface area contributed by atoms with Crippen LogP contribution in [-0.2, 0) is 11.4 Å². The number of thioether (sulfide) groups is 1. The van der Waals surface area contributed by atoms with E-state index in [2.05, 4.69) is 0 Å². The molecule has 0 aromatic heterocycles. The summed E-state index contributed by atoms with van der Waals surface area (Å²) in [5, 5.41) is 0.0516. The molecule has 1 saturated heterocycles. The Morgan fingerprint density at radius 2 is 1.80 bits per heavy atom. The van der Waals surface area contributed by atoms with Gasteiger partial charge in [0.05, 0.1) is 10.6 Å². The molecule has 1 aliphatic rings. The molecule has 150 valence electrons. The van der Waals surface area contributed by atoms with Gasteiger partial charge in [-0.3, -0.25) is 9.59 Å². The number of carbonyl (C=O) groups is 2. The fraction of sp³-hybridized carbons (Fsp3) is 0.0435. The molecule has 0 radical (unpaired) electrons. The number of rotatable bonds is 5. The molecule has 4 rings (SSSR count). The summed E-state index contributed by atoms with van der Waals surface area (Å²) in [6.45, 7) is 0.0847. The highest BCUT2D eigenvalue weighted by Gasteiger charge is 2.36. The molecule has 1 fully saturated rings. The van der Waals surface area contributed by atoms with Crippen LogP contribution in [0.25, 0.3) is 6.08 Å². The van der Waals surface area contributed by atoms with E-state index in [4.69, 9.17) is 16.3 Å². The predicted octanol–water partition coefficient (Wildman–Crippen LogP) is 6.30. The highest BCUT2D eigenvalue weighted by Crippen LogP contribution is 2.36. The summed E-state index contributed by atoms with van der Waals surface area (Å²) in [7, 11) is 0. The summed E-state index contributed by atoms with van der Waals surface area (Å²) in [5.41, 5.74) is 1.57. The van der Waals surface area contributed by atoms with E-state index in [0.717, 1.165) is 16.7 Å². The van der Waals surface area contributed by atoms with E-state index in [1.807, 2.05) is 0 Å². The number of benzene rings is 3. The van der Waals surface area contributed by atoms with Crippen molar-refractivity contribution in [2.45, 2.75) is 6.61 Å². The lowest BCUT2D eigenvalue weighted by Gasteiger charge is -2.12. The van der Waals surface area contributed by atoms with E-state index in [1.165, 1.54) is 6.07 Å². The van der Waals surface area contributed by atoms with Crippen LogP contribution in [-0.4, -0.2) is 11.1 Å². The standard InChI is InChI=1S/C23H15ClFNO3S/c24-17-7-4-8-18(13-17)26-22(27)21(30-23(26)28)12-15-5-3-9-19(11-15)29-14-16-6-1-2-10-20(16)25/h1-13H,14H2/b21-12+. The van der Waals surface area contributed by atoms with E-state index in [1.54, 1.807) is 72.8 Å². The minimum Gasteiger partial charge on any atom is -0.489 e. The summed E-state index contributed by atoms with van der Waals surface area (Å²) in [6.07, 6.45) is 1.63. The van der Waals surface area contributed by atoms with Gasteiger partial charge in [-0.05, 0) is 59.8 Å². The van der Waals surface area contributed by atoms with Crippen molar-refractivity contribution in [1.82, 2.24) is 0 Å². The minimum absolute atomic E-state index is 0.0847. The molecule has 0 saturated carbocycles. The smallest absolute Gasteiger partial charge is 0.298 e. The maximum Gasteiger partial charge on any atom is 0.298 e. The van der Waals surface area contributed by atoms with Crippen LogP contribution in [0.15, 0.2) is 77.7 Å². The lowest BCUT2D eigenvalue weighted by molar-refractivity contribution is -0.113. The lowest BCUT2D eigenvalue weighted by Crippen LogP contribution is -2.27. The molecular weight excluding hydrogens is 425 g/mol. The third kappa shape index (κ3) is 4.40. The largest absolute Gasteiger partial charge is 0.489 e. The molecule has 3 aromatic rings. The molecule has 1 heterocycles. The Labute approximate surface area is 181 Å². The van der Waals surface area contributed by atoms with Crippen LogP contribution in [0.4, 0.5) is 14.9 Å². The number of nitrogens with zero attached hydrogens (tertiary/aromatic N) is 1. The number of imide groups is 1. The lowest BCUT2D eigenvalue weighted by atomic mass is 10.2. The SMILES string of the molecule is O=C1S/C(=C/c2cccc(OCc3ccccc3F)c2)C(=O)N1c1cccc(Cl)c1. The number of anilines is 1. The number of hydrogen-bond donors (Lipinski definition) is 0. The Bertz CT molecular complexity index is 1160. The van der Waals surface area contributed by atoms with Crippen molar-refractivity contribution in [3.8, 4) is 5.75 Å². The highest BCUT2D eigenvalue weighted by atomic mass is 35.5. The second-order valence-electron chi connectivity index (χ2n) is 6.45. The van der Waals surface area contributed by atoms with Crippen LogP contribution >= 0.6 is 23.4 Å². The topological polar surface area (TPSA) is 46.6 Å². The van der Waals surface area contributed by atoms with E-state index in [-0.39, 0.29) is 17.7 Å². The molecule has 7 heteroatoms. The Morgan fingerprint density at radius 1 is 1.00 bits per heavy atom.